The summed E-state index contributed by atoms with van der Waals surface area (Å²) in [4.78, 5) is 23.3. The van der Waals surface area contributed by atoms with Crippen LogP contribution in [-0.2, 0) is 28.5 Å². The molecule has 2 fully saturated rings. The molecule has 2 saturated heterocycles. The van der Waals surface area contributed by atoms with Crippen LogP contribution in [-0.4, -0.2) is 62.2 Å². The molecule has 0 spiro atoms. The van der Waals surface area contributed by atoms with Gasteiger partial charge in [0.05, 0.1) is 30.5 Å². The molecule has 7 heteroatoms. The molecule has 2 unspecified atom stereocenters. The van der Waals surface area contributed by atoms with Gasteiger partial charge in [-0.15, -0.1) is 0 Å². The number of esters is 1. The summed E-state index contributed by atoms with van der Waals surface area (Å²) < 4.78 is 22.7. The lowest BCUT2D eigenvalue weighted by molar-refractivity contribution is -0.143. The van der Waals surface area contributed by atoms with E-state index in [0.29, 0.717) is 11.8 Å². The van der Waals surface area contributed by atoms with Gasteiger partial charge in [-0.1, -0.05) is 30.7 Å². The van der Waals surface area contributed by atoms with Crippen LogP contribution in [0.15, 0.2) is 36.0 Å². The summed E-state index contributed by atoms with van der Waals surface area (Å²) >= 11 is 0. The molecule has 35 heavy (non-hydrogen) atoms. The van der Waals surface area contributed by atoms with Gasteiger partial charge >= 0.3 is 5.97 Å². The van der Waals surface area contributed by atoms with E-state index in [2.05, 4.69) is 44.3 Å². The first kappa shape index (κ1) is 29.3. The Bertz CT molecular complexity index is 775. The van der Waals surface area contributed by atoms with Crippen LogP contribution in [0.2, 0.25) is 0 Å². The van der Waals surface area contributed by atoms with Gasteiger partial charge < -0.3 is 24.3 Å². The van der Waals surface area contributed by atoms with E-state index >= 15 is 0 Å². The summed E-state index contributed by atoms with van der Waals surface area (Å²) in [6.07, 6.45) is 13.2. The minimum Gasteiger partial charge on any atom is -0.459 e. The Morgan fingerprint density at radius 2 is 1.89 bits per heavy atom. The molecule has 2 aliphatic rings. The summed E-state index contributed by atoms with van der Waals surface area (Å²) in [6, 6.07) is -0.0571. The van der Waals surface area contributed by atoms with Gasteiger partial charge in [-0.2, -0.15) is 0 Å². The highest BCUT2D eigenvalue weighted by molar-refractivity contribution is 5.87. The maximum Gasteiger partial charge on any atom is 0.303 e. The van der Waals surface area contributed by atoms with Crippen molar-refractivity contribution in [3.63, 3.8) is 0 Å². The van der Waals surface area contributed by atoms with E-state index in [0.717, 1.165) is 32.3 Å². The maximum atomic E-state index is 12.3. The fraction of sp³-hybridized carbons (Fsp3) is 0.714. The van der Waals surface area contributed by atoms with Gasteiger partial charge in [0.25, 0.3) is 0 Å². The van der Waals surface area contributed by atoms with E-state index in [1.807, 2.05) is 6.92 Å². The van der Waals surface area contributed by atoms with Crippen molar-refractivity contribution in [2.45, 2.75) is 104 Å². The van der Waals surface area contributed by atoms with Crippen molar-refractivity contribution in [1.82, 2.24) is 5.32 Å². The summed E-state index contributed by atoms with van der Waals surface area (Å²) in [7, 11) is 1.77. The average Bonchev–Trinajstić information content (AvgIpc) is 2.81. The van der Waals surface area contributed by atoms with Gasteiger partial charge in [-0.05, 0) is 71.3 Å². The lowest BCUT2D eigenvalue weighted by Gasteiger charge is -2.39. The fourth-order valence-corrected chi connectivity index (χ4v) is 4.70. The average molecular weight is 492 g/mol. The molecule has 2 aliphatic heterocycles. The van der Waals surface area contributed by atoms with E-state index in [4.69, 9.17) is 18.9 Å². The largest absolute Gasteiger partial charge is 0.459 e. The van der Waals surface area contributed by atoms with Crippen molar-refractivity contribution in [1.29, 1.82) is 0 Å². The van der Waals surface area contributed by atoms with Gasteiger partial charge in [-0.25, -0.2) is 0 Å². The molecule has 7 nitrogen and oxygen atoms in total. The first-order valence-corrected chi connectivity index (χ1v) is 12.9. The van der Waals surface area contributed by atoms with Gasteiger partial charge in [0.1, 0.15) is 6.10 Å². The zero-order valence-corrected chi connectivity index (χ0v) is 22.5. The molecule has 1 amide bonds. The third-order valence-electron chi connectivity index (χ3n) is 7.05. The monoisotopic (exact) mass is 491 g/mol. The van der Waals surface area contributed by atoms with Crippen molar-refractivity contribution in [3.05, 3.63) is 36.0 Å². The minimum atomic E-state index is -0.439. The molecule has 0 aromatic heterocycles. The number of hydrogen-bond donors (Lipinski definition) is 1. The SMILES string of the molecule is COC(C)C1CCO[C@H](/C=C/C(C)=C/C[C@@H]2O[C@H](C)[C@H](NC(=O)/C=C\[C@H](C)OC(C)=O)C[C@@H]2C)C1. The maximum absolute atomic E-state index is 12.3. The molecule has 2 rings (SSSR count). The standard InChI is InChI=1S/C28H45NO6/c1-18(8-11-25-17-24(14-15-33-25)21(4)32-7)9-12-27-19(2)16-26(22(5)35-27)29-28(31)13-10-20(3)34-23(6)30/h8-11,13,19-22,24-27H,12,14-17H2,1-7H3,(H,29,31)/b11-8+,13-10-,18-9+/t19-,20-,21?,22+,24?,25+,26+,27-/m0/s1. The van der Waals surface area contributed by atoms with Crippen LogP contribution in [0.1, 0.15) is 67.2 Å². The van der Waals surface area contributed by atoms with Gasteiger partial charge in [-0.3, -0.25) is 9.59 Å². The van der Waals surface area contributed by atoms with Gasteiger partial charge in [0.15, 0.2) is 0 Å². The normalized spacial score (nSPS) is 31.9. The lowest BCUT2D eigenvalue weighted by Crippen LogP contribution is -2.50. The molecule has 0 bridgehead atoms. The van der Waals surface area contributed by atoms with Crippen LogP contribution >= 0.6 is 0 Å². The molecule has 0 radical (unpaired) electrons. The fourth-order valence-electron chi connectivity index (χ4n) is 4.70. The Balaban J connectivity index is 1.81. The molecule has 1 N–H and O–H groups in total. The first-order valence-electron chi connectivity index (χ1n) is 12.9. The molecule has 198 valence electrons. The third-order valence-corrected chi connectivity index (χ3v) is 7.05. The molecular formula is C28H45NO6. The third kappa shape index (κ3) is 10.3. The smallest absolute Gasteiger partial charge is 0.303 e. The number of hydrogen-bond acceptors (Lipinski definition) is 6. The van der Waals surface area contributed by atoms with Crippen molar-refractivity contribution in [3.8, 4) is 0 Å². The highest BCUT2D eigenvalue weighted by Gasteiger charge is 2.33. The van der Waals surface area contributed by atoms with Crippen LogP contribution in [0.5, 0.6) is 0 Å². The van der Waals surface area contributed by atoms with Gasteiger partial charge in [0.2, 0.25) is 5.91 Å². The first-order chi connectivity index (χ1) is 16.6. The Hall–Kier alpha value is -1.96. The Labute approximate surface area is 211 Å². The highest BCUT2D eigenvalue weighted by atomic mass is 16.5. The zero-order valence-electron chi connectivity index (χ0n) is 22.5. The zero-order chi connectivity index (χ0) is 26.0. The molecule has 0 saturated carbocycles. The number of rotatable bonds is 10. The van der Waals surface area contributed by atoms with Crippen LogP contribution in [0.4, 0.5) is 0 Å². The molecule has 2 heterocycles. The summed E-state index contributed by atoms with van der Waals surface area (Å²) in [5, 5.41) is 3.02. The minimum absolute atomic E-state index is 0.0571. The second-order valence-corrected chi connectivity index (χ2v) is 10.1. The Morgan fingerprint density at radius 3 is 2.57 bits per heavy atom. The number of allylic oxidation sites excluding steroid dienone is 2. The highest BCUT2D eigenvalue weighted by Crippen LogP contribution is 2.28. The number of nitrogens with one attached hydrogen (secondary N) is 1. The van der Waals surface area contributed by atoms with Crippen LogP contribution in [0, 0.1) is 11.8 Å². The van der Waals surface area contributed by atoms with E-state index in [9.17, 15) is 9.59 Å². The lowest BCUT2D eigenvalue weighted by atomic mass is 9.88. The topological polar surface area (TPSA) is 83.1 Å². The molecule has 0 aliphatic carbocycles. The molecular weight excluding hydrogens is 446 g/mol. The summed E-state index contributed by atoms with van der Waals surface area (Å²) in [5.74, 6) is 0.269. The molecule has 8 atom stereocenters. The summed E-state index contributed by atoms with van der Waals surface area (Å²) in [5.41, 5.74) is 1.20. The van der Waals surface area contributed by atoms with Gasteiger partial charge in [0, 0.05) is 26.7 Å². The molecule has 0 aromatic rings. The predicted octanol–water partition coefficient (Wildman–Crippen LogP) is 4.52. The number of carbonyl (C=O) groups excluding carboxylic acids is 2. The van der Waals surface area contributed by atoms with Crippen LogP contribution in [0.25, 0.3) is 0 Å². The van der Waals surface area contributed by atoms with Crippen molar-refractivity contribution >= 4 is 11.9 Å². The quantitative estimate of drug-likeness (QED) is 0.275. The summed E-state index contributed by atoms with van der Waals surface area (Å²) in [6.45, 7) is 12.3. The van der Waals surface area contributed by atoms with Crippen molar-refractivity contribution in [2.24, 2.45) is 11.8 Å². The number of methoxy groups -OCH3 is 1. The van der Waals surface area contributed by atoms with E-state index < -0.39 is 6.10 Å². The second-order valence-electron chi connectivity index (χ2n) is 10.1. The number of carbonyl (C=O) groups is 2. The van der Waals surface area contributed by atoms with E-state index in [1.54, 1.807) is 20.1 Å². The van der Waals surface area contributed by atoms with Crippen LogP contribution in [0.3, 0.4) is 0 Å². The van der Waals surface area contributed by atoms with E-state index in [1.165, 1.54) is 18.6 Å². The Morgan fingerprint density at radius 1 is 1.14 bits per heavy atom. The van der Waals surface area contributed by atoms with Crippen LogP contribution < -0.4 is 5.32 Å². The second kappa shape index (κ2) is 14.6. The van der Waals surface area contributed by atoms with E-state index in [-0.39, 0.29) is 42.3 Å². The number of amides is 1. The number of ether oxygens (including phenoxy) is 4. The van der Waals surface area contributed by atoms with Crippen molar-refractivity contribution < 1.29 is 28.5 Å². The predicted molar refractivity (Wildman–Crippen MR) is 137 cm³/mol. The Kier molecular flexibility index (Phi) is 12.2. The van der Waals surface area contributed by atoms with Crippen molar-refractivity contribution in [2.75, 3.05) is 13.7 Å². The molecule has 0 aromatic carbocycles.